The number of nitrogens with zero attached hydrogens (tertiary/aromatic N) is 3. The maximum absolute atomic E-state index is 13.9. The molecule has 3 aromatic rings. The van der Waals surface area contributed by atoms with Crippen molar-refractivity contribution >= 4 is 11.8 Å². The molecule has 0 spiro atoms. The highest BCUT2D eigenvalue weighted by atomic mass is 32.2. The van der Waals surface area contributed by atoms with Gasteiger partial charge in [0, 0.05) is 12.8 Å². The summed E-state index contributed by atoms with van der Waals surface area (Å²) in [5, 5.41) is 8.95. The van der Waals surface area contributed by atoms with Crippen LogP contribution in [0.5, 0.6) is 11.5 Å². The van der Waals surface area contributed by atoms with Crippen LogP contribution in [0.15, 0.2) is 53.7 Å². The Morgan fingerprint density at radius 2 is 1.76 bits per heavy atom. The van der Waals surface area contributed by atoms with Gasteiger partial charge in [0.05, 0.1) is 19.3 Å². The van der Waals surface area contributed by atoms with E-state index in [1.54, 1.807) is 29.9 Å². The Morgan fingerprint density at radius 1 is 1.04 bits per heavy atom. The quantitative estimate of drug-likeness (QED) is 0.474. The second-order valence-corrected chi connectivity index (χ2v) is 6.25. The fraction of sp³-hybridized carbons (Fsp3) is 0.222. The number of thioether (sulfide) groups is 1. The lowest BCUT2D eigenvalue weighted by molar-refractivity contribution is 0.313. The molecule has 0 amide bonds. The maximum atomic E-state index is 13.9. The molecular weight excluding hydrogens is 341 g/mol. The molecule has 2 aromatic carbocycles. The van der Waals surface area contributed by atoms with Gasteiger partial charge in [0.1, 0.15) is 5.82 Å². The topological polar surface area (TPSA) is 49.2 Å². The number of halogens is 1. The van der Waals surface area contributed by atoms with Gasteiger partial charge in [-0.25, -0.2) is 4.39 Å². The highest BCUT2D eigenvalue weighted by molar-refractivity contribution is 7.99. The monoisotopic (exact) mass is 359 g/mol. The van der Waals surface area contributed by atoms with E-state index in [-0.39, 0.29) is 5.82 Å². The fourth-order valence-corrected chi connectivity index (χ4v) is 3.07. The van der Waals surface area contributed by atoms with Crippen molar-refractivity contribution in [1.82, 2.24) is 14.8 Å². The molecule has 0 aliphatic heterocycles. The Kier molecular flexibility index (Phi) is 5.55. The predicted octanol–water partition coefficient (Wildman–Crippen LogP) is 3.80. The van der Waals surface area contributed by atoms with E-state index in [0.717, 1.165) is 0 Å². The zero-order valence-corrected chi connectivity index (χ0v) is 14.8. The van der Waals surface area contributed by atoms with E-state index in [1.807, 2.05) is 31.3 Å². The first-order valence-corrected chi connectivity index (χ1v) is 8.72. The molecule has 0 atom stereocenters. The standard InChI is InChI=1S/C18H18FN3O2S/c1-22-17(13-7-3-4-8-14(13)19)20-21-18(22)25-12-11-24-16-10-6-5-9-15(16)23-2/h3-10H,11-12H2,1-2H3. The van der Waals surface area contributed by atoms with Crippen molar-refractivity contribution in [3.63, 3.8) is 0 Å². The Labute approximate surface area is 149 Å². The molecule has 0 bridgehead atoms. The Morgan fingerprint density at radius 3 is 2.52 bits per heavy atom. The van der Waals surface area contributed by atoms with Crippen molar-refractivity contribution in [2.45, 2.75) is 5.16 Å². The first kappa shape index (κ1) is 17.3. The Bertz CT molecular complexity index is 854. The molecule has 0 saturated heterocycles. The molecule has 0 radical (unpaired) electrons. The SMILES string of the molecule is COc1ccccc1OCCSc1nnc(-c2ccccc2F)n1C. The number of ether oxygens (including phenoxy) is 2. The van der Waals surface area contributed by atoms with Gasteiger partial charge >= 0.3 is 0 Å². The van der Waals surface area contributed by atoms with Gasteiger partial charge in [0.15, 0.2) is 22.5 Å². The summed E-state index contributed by atoms with van der Waals surface area (Å²) >= 11 is 1.50. The summed E-state index contributed by atoms with van der Waals surface area (Å²) in [5.74, 6) is 2.28. The summed E-state index contributed by atoms with van der Waals surface area (Å²) < 4.78 is 26.7. The summed E-state index contributed by atoms with van der Waals surface area (Å²) in [7, 11) is 3.44. The van der Waals surface area contributed by atoms with Crippen molar-refractivity contribution < 1.29 is 13.9 Å². The van der Waals surface area contributed by atoms with Crippen molar-refractivity contribution in [2.75, 3.05) is 19.5 Å². The van der Waals surface area contributed by atoms with Crippen LogP contribution in [0.3, 0.4) is 0 Å². The van der Waals surface area contributed by atoms with Crippen molar-refractivity contribution in [2.24, 2.45) is 7.05 Å². The van der Waals surface area contributed by atoms with Gasteiger partial charge in [0.2, 0.25) is 0 Å². The fourth-order valence-electron chi connectivity index (χ4n) is 2.34. The van der Waals surface area contributed by atoms with Gasteiger partial charge in [0.25, 0.3) is 0 Å². The normalized spacial score (nSPS) is 10.7. The van der Waals surface area contributed by atoms with Crippen LogP contribution in [0.4, 0.5) is 4.39 Å². The summed E-state index contributed by atoms with van der Waals surface area (Å²) in [5.41, 5.74) is 0.439. The van der Waals surface area contributed by atoms with Crippen LogP contribution in [0.1, 0.15) is 0 Å². The molecule has 25 heavy (non-hydrogen) atoms. The molecular formula is C18H18FN3O2S. The van der Waals surface area contributed by atoms with Gasteiger partial charge in [-0.3, -0.25) is 0 Å². The number of para-hydroxylation sites is 2. The van der Waals surface area contributed by atoms with E-state index in [2.05, 4.69) is 10.2 Å². The molecule has 0 aliphatic carbocycles. The van der Waals surface area contributed by atoms with E-state index in [0.29, 0.717) is 40.4 Å². The van der Waals surface area contributed by atoms with Crippen LogP contribution in [0.2, 0.25) is 0 Å². The van der Waals surface area contributed by atoms with Crippen LogP contribution >= 0.6 is 11.8 Å². The highest BCUT2D eigenvalue weighted by Gasteiger charge is 2.14. The zero-order valence-electron chi connectivity index (χ0n) is 14.0. The minimum Gasteiger partial charge on any atom is -0.493 e. The van der Waals surface area contributed by atoms with Crippen molar-refractivity contribution in [3.8, 4) is 22.9 Å². The average molecular weight is 359 g/mol. The van der Waals surface area contributed by atoms with E-state index >= 15 is 0 Å². The number of methoxy groups -OCH3 is 1. The molecule has 5 nitrogen and oxygen atoms in total. The van der Waals surface area contributed by atoms with Gasteiger partial charge < -0.3 is 14.0 Å². The third kappa shape index (κ3) is 3.93. The minimum absolute atomic E-state index is 0.311. The van der Waals surface area contributed by atoms with Crippen LogP contribution in [-0.4, -0.2) is 34.2 Å². The summed E-state index contributed by atoms with van der Waals surface area (Å²) in [4.78, 5) is 0. The van der Waals surface area contributed by atoms with Crippen molar-refractivity contribution in [1.29, 1.82) is 0 Å². The number of hydrogen-bond donors (Lipinski definition) is 0. The smallest absolute Gasteiger partial charge is 0.191 e. The molecule has 130 valence electrons. The Balaban J connectivity index is 1.60. The van der Waals surface area contributed by atoms with Crippen LogP contribution in [0, 0.1) is 5.82 Å². The second-order valence-electron chi connectivity index (χ2n) is 5.19. The first-order chi connectivity index (χ1) is 12.2. The first-order valence-electron chi connectivity index (χ1n) is 7.73. The summed E-state index contributed by atoms with van der Waals surface area (Å²) in [6.45, 7) is 0.493. The minimum atomic E-state index is -0.311. The molecule has 0 aliphatic rings. The molecule has 1 aromatic heterocycles. The Hall–Kier alpha value is -2.54. The molecule has 3 rings (SSSR count). The molecule has 0 unspecified atom stereocenters. The average Bonchev–Trinajstić information content (AvgIpc) is 3.00. The van der Waals surface area contributed by atoms with Gasteiger partial charge in [-0.1, -0.05) is 36.0 Å². The largest absolute Gasteiger partial charge is 0.493 e. The zero-order chi connectivity index (χ0) is 17.6. The third-order valence-electron chi connectivity index (χ3n) is 3.59. The van der Waals surface area contributed by atoms with Crippen LogP contribution in [0.25, 0.3) is 11.4 Å². The van der Waals surface area contributed by atoms with Gasteiger partial charge in [-0.05, 0) is 24.3 Å². The lowest BCUT2D eigenvalue weighted by Crippen LogP contribution is -2.03. The van der Waals surface area contributed by atoms with Gasteiger partial charge in [-0.15, -0.1) is 10.2 Å². The number of rotatable bonds is 7. The van der Waals surface area contributed by atoms with E-state index < -0.39 is 0 Å². The van der Waals surface area contributed by atoms with E-state index in [4.69, 9.17) is 9.47 Å². The number of benzene rings is 2. The third-order valence-corrected chi connectivity index (χ3v) is 4.58. The summed E-state index contributed by atoms with van der Waals surface area (Å²) in [6.07, 6.45) is 0. The highest BCUT2D eigenvalue weighted by Crippen LogP contribution is 2.27. The molecule has 7 heteroatoms. The molecule has 1 heterocycles. The van der Waals surface area contributed by atoms with Crippen LogP contribution in [-0.2, 0) is 7.05 Å². The summed E-state index contributed by atoms with van der Waals surface area (Å²) in [6, 6.07) is 14.0. The predicted molar refractivity (Wildman–Crippen MR) is 95.6 cm³/mol. The lowest BCUT2D eigenvalue weighted by atomic mass is 10.2. The van der Waals surface area contributed by atoms with Crippen molar-refractivity contribution in [3.05, 3.63) is 54.3 Å². The molecule has 0 fully saturated rings. The van der Waals surface area contributed by atoms with Gasteiger partial charge in [-0.2, -0.15) is 0 Å². The second kappa shape index (κ2) is 8.02. The number of aromatic nitrogens is 3. The van der Waals surface area contributed by atoms with E-state index in [9.17, 15) is 4.39 Å². The molecule has 0 N–H and O–H groups in total. The number of hydrogen-bond acceptors (Lipinski definition) is 5. The van der Waals surface area contributed by atoms with E-state index in [1.165, 1.54) is 17.8 Å². The molecule has 0 saturated carbocycles. The maximum Gasteiger partial charge on any atom is 0.191 e. The van der Waals surface area contributed by atoms with Crippen LogP contribution < -0.4 is 9.47 Å². The lowest BCUT2D eigenvalue weighted by Gasteiger charge is -2.10.